The fourth-order valence-corrected chi connectivity index (χ4v) is 2.75. The Bertz CT molecular complexity index is 339. The molecule has 0 unspecified atom stereocenters. The Hall–Kier alpha value is -1.23. The van der Waals surface area contributed by atoms with Crippen molar-refractivity contribution < 1.29 is 0 Å². The van der Waals surface area contributed by atoms with E-state index in [1.165, 1.54) is 5.00 Å². The lowest BCUT2D eigenvalue weighted by Crippen LogP contribution is -2.46. The van der Waals surface area contributed by atoms with Crippen LogP contribution in [0, 0.1) is 0 Å². The highest BCUT2D eigenvalue weighted by atomic mass is 32.1. The zero-order chi connectivity index (χ0) is 11.4. The van der Waals surface area contributed by atoms with Crippen LogP contribution >= 0.6 is 11.3 Å². The molecular formula is C11H18N4S. The molecule has 1 fully saturated rings. The number of nitrogens with one attached hydrogen (secondary N) is 1. The third kappa shape index (κ3) is 2.66. The second-order valence-electron chi connectivity index (χ2n) is 3.97. The second-order valence-corrected chi connectivity index (χ2v) is 4.89. The predicted octanol–water partition coefficient (Wildman–Crippen LogP) is 1.25. The molecule has 1 aliphatic heterocycles. The van der Waals surface area contributed by atoms with Crippen LogP contribution in [0.25, 0.3) is 0 Å². The molecule has 2 rings (SSSR count). The van der Waals surface area contributed by atoms with Gasteiger partial charge in [-0.05, 0) is 30.4 Å². The Balaban J connectivity index is 1.83. The van der Waals surface area contributed by atoms with Crippen LogP contribution in [0.3, 0.4) is 0 Å². The number of piperidine rings is 1. The summed E-state index contributed by atoms with van der Waals surface area (Å²) in [6.07, 6.45) is 2.24. The van der Waals surface area contributed by atoms with Crippen molar-refractivity contribution in [3.8, 4) is 0 Å². The quantitative estimate of drug-likeness (QED) is 0.602. The molecule has 0 saturated carbocycles. The molecule has 2 heterocycles. The standard InChI is InChI=1S/C11H18N4S/c1-13-11(12)14-9-4-6-15(7-5-9)10-3-2-8-16-10/h2-3,8-9H,4-7H2,1H3,(H3,12,13,14). The summed E-state index contributed by atoms with van der Waals surface area (Å²) in [6, 6.07) is 4.76. The van der Waals surface area contributed by atoms with Gasteiger partial charge in [0.25, 0.3) is 0 Å². The summed E-state index contributed by atoms with van der Waals surface area (Å²) in [7, 11) is 1.71. The number of hydrogen-bond donors (Lipinski definition) is 2. The first-order chi connectivity index (χ1) is 7.79. The van der Waals surface area contributed by atoms with Gasteiger partial charge in [0.2, 0.25) is 0 Å². The molecular weight excluding hydrogens is 220 g/mol. The van der Waals surface area contributed by atoms with Crippen molar-refractivity contribution in [1.82, 2.24) is 5.32 Å². The molecule has 16 heavy (non-hydrogen) atoms. The SMILES string of the molecule is CN=C(N)NC1CCN(c2cccs2)CC1. The van der Waals surface area contributed by atoms with Crippen LogP contribution in [-0.2, 0) is 0 Å². The predicted molar refractivity (Wildman–Crippen MR) is 70.2 cm³/mol. The van der Waals surface area contributed by atoms with Crippen molar-refractivity contribution >= 4 is 22.3 Å². The third-order valence-corrected chi connectivity index (χ3v) is 3.83. The Morgan fingerprint density at radius 1 is 1.56 bits per heavy atom. The van der Waals surface area contributed by atoms with E-state index < -0.39 is 0 Å². The van der Waals surface area contributed by atoms with Gasteiger partial charge in [-0.15, -0.1) is 11.3 Å². The lowest BCUT2D eigenvalue weighted by Gasteiger charge is -2.33. The summed E-state index contributed by atoms with van der Waals surface area (Å²) < 4.78 is 0. The van der Waals surface area contributed by atoms with E-state index >= 15 is 0 Å². The Labute approximate surface area is 100 Å². The maximum atomic E-state index is 5.66. The molecule has 0 aliphatic carbocycles. The molecule has 4 nitrogen and oxygen atoms in total. The smallest absolute Gasteiger partial charge is 0.188 e. The lowest BCUT2D eigenvalue weighted by molar-refractivity contribution is 0.466. The van der Waals surface area contributed by atoms with Gasteiger partial charge in [-0.3, -0.25) is 4.99 Å². The van der Waals surface area contributed by atoms with E-state index in [4.69, 9.17) is 5.73 Å². The van der Waals surface area contributed by atoms with Crippen molar-refractivity contribution in [2.24, 2.45) is 10.7 Å². The first-order valence-corrected chi connectivity index (χ1v) is 6.45. The first-order valence-electron chi connectivity index (χ1n) is 5.57. The number of guanidine groups is 1. The first kappa shape index (κ1) is 11.3. The van der Waals surface area contributed by atoms with Gasteiger partial charge in [0.1, 0.15) is 0 Å². The number of aliphatic imine (C=N–C) groups is 1. The summed E-state index contributed by atoms with van der Waals surface area (Å²) in [6.45, 7) is 2.18. The molecule has 0 radical (unpaired) electrons. The minimum atomic E-state index is 0.472. The fraction of sp³-hybridized carbons (Fsp3) is 0.545. The molecule has 1 aromatic rings. The molecule has 0 atom stereocenters. The maximum absolute atomic E-state index is 5.66. The summed E-state index contributed by atoms with van der Waals surface area (Å²) in [5, 5.41) is 6.74. The van der Waals surface area contributed by atoms with Crippen LogP contribution in [0.2, 0.25) is 0 Å². The zero-order valence-electron chi connectivity index (χ0n) is 9.52. The summed E-state index contributed by atoms with van der Waals surface area (Å²) in [4.78, 5) is 6.36. The van der Waals surface area contributed by atoms with Gasteiger partial charge >= 0.3 is 0 Å². The minimum absolute atomic E-state index is 0.472. The van der Waals surface area contributed by atoms with Crippen LogP contribution < -0.4 is 16.0 Å². The highest BCUT2D eigenvalue weighted by molar-refractivity contribution is 7.14. The topological polar surface area (TPSA) is 53.6 Å². The van der Waals surface area contributed by atoms with Crippen LogP contribution in [-0.4, -0.2) is 32.1 Å². The molecule has 1 aliphatic rings. The molecule has 0 aromatic carbocycles. The highest BCUT2D eigenvalue weighted by Crippen LogP contribution is 2.24. The molecule has 0 amide bonds. The number of thiophene rings is 1. The van der Waals surface area contributed by atoms with Gasteiger partial charge in [-0.1, -0.05) is 0 Å². The molecule has 0 bridgehead atoms. The fourth-order valence-electron chi connectivity index (χ4n) is 1.97. The zero-order valence-corrected chi connectivity index (χ0v) is 10.3. The molecule has 5 heteroatoms. The van der Waals surface area contributed by atoms with Gasteiger partial charge in [-0.2, -0.15) is 0 Å². The molecule has 1 saturated heterocycles. The normalized spacial score (nSPS) is 18.8. The second kappa shape index (κ2) is 5.21. The summed E-state index contributed by atoms with van der Waals surface area (Å²) >= 11 is 1.81. The average Bonchev–Trinajstić information content (AvgIpc) is 2.83. The average molecular weight is 238 g/mol. The van der Waals surface area contributed by atoms with Crippen LogP contribution in [0.5, 0.6) is 0 Å². The Morgan fingerprint density at radius 3 is 2.88 bits per heavy atom. The van der Waals surface area contributed by atoms with E-state index in [1.807, 2.05) is 0 Å². The monoisotopic (exact) mass is 238 g/mol. The van der Waals surface area contributed by atoms with E-state index in [-0.39, 0.29) is 0 Å². The highest BCUT2D eigenvalue weighted by Gasteiger charge is 2.19. The molecule has 3 N–H and O–H groups in total. The van der Waals surface area contributed by atoms with Gasteiger partial charge in [-0.25, -0.2) is 0 Å². The van der Waals surface area contributed by atoms with Crippen molar-refractivity contribution in [3.05, 3.63) is 17.5 Å². The summed E-state index contributed by atoms with van der Waals surface area (Å²) in [5.41, 5.74) is 5.66. The van der Waals surface area contributed by atoms with Crippen LogP contribution in [0.1, 0.15) is 12.8 Å². The number of nitrogens with two attached hydrogens (primary N) is 1. The van der Waals surface area contributed by atoms with Crippen molar-refractivity contribution in [2.75, 3.05) is 25.0 Å². The number of anilines is 1. The van der Waals surface area contributed by atoms with Gasteiger partial charge < -0.3 is 16.0 Å². The van der Waals surface area contributed by atoms with Crippen molar-refractivity contribution in [1.29, 1.82) is 0 Å². The van der Waals surface area contributed by atoms with E-state index in [0.717, 1.165) is 25.9 Å². The maximum Gasteiger partial charge on any atom is 0.188 e. The van der Waals surface area contributed by atoms with Gasteiger partial charge in [0, 0.05) is 26.2 Å². The van der Waals surface area contributed by atoms with E-state index in [2.05, 4.69) is 32.7 Å². The van der Waals surface area contributed by atoms with Gasteiger partial charge in [0.05, 0.1) is 5.00 Å². The van der Waals surface area contributed by atoms with E-state index in [0.29, 0.717) is 12.0 Å². The number of nitrogens with zero attached hydrogens (tertiary/aromatic N) is 2. The lowest BCUT2D eigenvalue weighted by atomic mass is 10.1. The Kier molecular flexibility index (Phi) is 3.66. The van der Waals surface area contributed by atoms with Crippen LogP contribution in [0.4, 0.5) is 5.00 Å². The summed E-state index contributed by atoms with van der Waals surface area (Å²) in [5.74, 6) is 0.551. The Morgan fingerprint density at radius 2 is 2.31 bits per heavy atom. The molecule has 1 aromatic heterocycles. The van der Waals surface area contributed by atoms with Gasteiger partial charge in [0.15, 0.2) is 5.96 Å². The van der Waals surface area contributed by atoms with E-state index in [1.54, 1.807) is 18.4 Å². The van der Waals surface area contributed by atoms with Crippen molar-refractivity contribution in [2.45, 2.75) is 18.9 Å². The number of rotatable bonds is 2. The largest absolute Gasteiger partial charge is 0.370 e. The van der Waals surface area contributed by atoms with Crippen molar-refractivity contribution in [3.63, 3.8) is 0 Å². The number of hydrogen-bond acceptors (Lipinski definition) is 3. The van der Waals surface area contributed by atoms with Crippen LogP contribution in [0.15, 0.2) is 22.5 Å². The third-order valence-electron chi connectivity index (χ3n) is 2.91. The molecule has 88 valence electrons. The minimum Gasteiger partial charge on any atom is -0.370 e. The van der Waals surface area contributed by atoms with E-state index in [9.17, 15) is 0 Å². The molecule has 0 spiro atoms.